The smallest absolute Gasteiger partial charge is 0.303 e. The summed E-state index contributed by atoms with van der Waals surface area (Å²) in [6.45, 7) is 71.7. The molecule has 0 rings (SSSR count). The summed E-state index contributed by atoms with van der Waals surface area (Å²) in [5.41, 5.74) is 0. The molecule has 0 aromatic rings. The Hall–Kier alpha value is -3.65. The van der Waals surface area contributed by atoms with Crippen molar-refractivity contribution >= 4 is 5.97 Å². The zero-order valence-electron chi connectivity index (χ0n) is 70.8. The first kappa shape index (κ1) is 124. The Morgan fingerprint density at radius 3 is 0.337 bits per heavy atom. The number of carboxylic acid groups (broad SMARTS) is 1. The van der Waals surface area contributed by atoms with Crippen molar-refractivity contribution in [2.45, 2.75) is 462 Å². The molecule has 0 aliphatic heterocycles. The Labute approximate surface area is 626 Å². The summed E-state index contributed by atoms with van der Waals surface area (Å²) < 4.78 is 0. The van der Waals surface area contributed by atoms with Crippen LogP contribution < -0.4 is 0 Å². The van der Waals surface area contributed by atoms with Crippen molar-refractivity contribution in [3.63, 3.8) is 0 Å². The van der Waals surface area contributed by atoms with Gasteiger partial charge >= 0.3 is 5.97 Å². The van der Waals surface area contributed by atoms with Gasteiger partial charge in [0, 0.05) is 6.42 Å². The molecule has 0 bridgehead atoms. The average molecular weight is 1380 g/mol. The number of aliphatic carboxylic acids is 1. The van der Waals surface area contributed by atoms with Crippen molar-refractivity contribution in [1.29, 1.82) is 0 Å². The number of hydrogen-bond donors (Lipinski definition) is 1. The molecule has 98 heavy (non-hydrogen) atoms. The van der Waals surface area contributed by atoms with Crippen LogP contribution in [-0.2, 0) is 4.79 Å². The summed E-state index contributed by atoms with van der Waals surface area (Å²) in [5.74, 6) is -0.650. The Morgan fingerprint density at radius 2 is 0.265 bits per heavy atom. The molecule has 1 N–H and O–H groups in total. The Bertz CT molecular complexity index is 1060. The van der Waals surface area contributed by atoms with Gasteiger partial charge in [-0.3, -0.25) is 4.79 Å². The molecule has 0 atom stereocenters. The number of carbonyl (C=O) groups is 1. The fraction of sp³-hybridized carbons (Fsp3) is 0.740. The predicted octanol–water partition coefficient (Wildman–Crippen LogP) is 37.0. The fourth-order valence-corrected chi connectivity index (χ4v) is 7.89. The van der Waals surface area contributed by atoms with Gasteiger partial charge in [-0.1, -0.05) is 445 Å². The molecule has 0 unspecified atom stereocenters. The van der Waals surface area contributed by atoms with Crippen molar-refractivity contribution in [2.75, 3.05) is 0 Å². The molecule has 0 radical (unpaired) electrons. The van der Waals surface area contributed by atoms with E-state index in [1.807, 2.05) is 72.9 Å². The lowest BCUT2D eigenvalue weighted by molar-refractivity contribution is -0.137. The zero-order chi connectivity index (χ0) is 77.1. The molecule has 0 heterocycles. The van der Waals surface area contributed by atoms with E-state index >= 15 is 0 Å². The molecule has 2 heteroatoms. The van der Waals surface area contributed by atoms with Crippen molar-refractivity contribution in [3.8, 4) is 0 Å². The molecule has 0 aliphatic carbocycles. The molecule has 2 nitrogen and oxygen atoms in total. The molecule has 0 aromatic carbocycles. The van der Waals surface area contributed by atoms with Crippen LogP contribution in [0.2, 0.25) is 0 Å². The van der Waals surface area contributed by atoms with E-state index in [1.165, 1.54) is 353 Å². The molecular weight excluding hydrogens is 1190 g/mol. The second kappa shape index (κ2) is 166. The van der Waals surface area contributed by atoms with E-state index in [0.717, 1.165) is 12.8 Å². The fourth-order valence-electron chi connectivity index (χ4n) is 7.89. The van der Waals surface area contributed by atoms with Crippen molar-refractivity contribution in [2.24, 2.45) is 0 Å². The van der Waals surface area contributed by atoms with Crippen LogP contribution >= 0.6 is 0 Å². The predicted molar refractivity (Wildman–Crippen MR) is 472 cm³/mol. The summed E-state index contributed by atoms with van der Waals surface area (Å²) in [7, 11) is 0. The molecule has 0 aliphatic rings. The SMILES string of the molecule is C=CCCCC.C=CCCCC.C=CCCCC.C=CCCCC.C=CCCCC.C=CCCCC.C=CCCCC.C=CCCCC.C=CCCCC.C=CCCCC.C=CCCCC.C=CCCCC.CCCCCCCCCCCCCCCCCCCCCCCC(=O)O. The van der Waals surface area contributed by atoms with Crippen LogP contribution in [0.3, 0.4) is 0 Å². The largest absolute Gasteiger partial charge is 0.481 e. The Morgan fingerprint density at radius 1 is 0.173 bits per heavy atom. The van der Waals surface area contributed by atoms with E-state index in [0.29, 0.717) is 6.42 Å². The maximum atomic E-state index is 10.4. The van der Waals surface area contributed by atoms with E-state index in [-0.39, 0.29) is 0 Å². The summed E-state index contributed by atoms with van der Waals surface area (Å²) >= 11 is 0. The molecule has 0 saturated carbocycles. The number of allylic oxidation sites excluding steroid dienone is 12. The molecule has 0 amide bonds. The lowest BCUT2D eigenvalue weighted by atomic mass is 10.0. The van der Waals surface area contributed by atoms with Gasteiger partial charge in [-0.15, -0.1) is 78.9 Å². The Balaban J connectivity index is -0.0000000772. The van der Waals surface area contributed by atoms with Gasteiger partial charge in [0.2, 0.25) is 0 Å². The van der Waals surface area contributed by atoms with Crippen LogP contribution in [0.25, 0.3) is 0 Å². The highest BCUT2D eigenvalue weighted by Gasteiger charge is 1.98. The van der Waals surface area contributed by atoms with Crippen LogP contribution in [0, 0.1) is 0 Å². The van der Waals surface area contributed by atoms with E-state index in [9.17, 15) is 4.79 Å². The van der Waals surface area contributed by atoms with Crippen LogP contribution in [0.15, 0.2) is 152 Å². The summed E-state index contributed by atoms with van der Waals surface area (Å²) in [5, 5.41) is 8.57. The van der Waals surface area contributed by atoms with Crippen LogP contribution in [-0.4, -0.2) is 11.1 Å². The van der Waals surface area contributed by atoms with Gasteiger partial charge in [-0.25, -0.2) is 0 Å². The van der Waals surface area contributed by atoms with Crippen LogP contribution in [0.1, 0.15) is 462 Å². The first-order chi connectivity index (χ1) is 47.7. The number of hydrogen-bond acceptors (Lipinski definition) is 1. The first-order valence-corrected chi connectivity index (χ1v) is 42.3. The van der Waals surface area contributed by atoms with Gasteiger partial charge in [-0.2, -0.15) is 0 Å². The highest BCUT2D eigenvalue weighted by atomic mass is 16.4. The minimum absolute atomic E-state index is 0.346. The van der Waals surface area contributed by atoms with Gasteiger partial charge in [0.15, 0.2) is 0 Å². The lowest BCUT2D eigenvalue weighted by Gasteiger charge is -2.04. The topological polar surface area (TPSA) is 37.3 Å². The summed E-state index contributed by atoms with van der Waals surface area (Å²) in [6, 6.07) is 0. The third-order valence-corrected chi connectivity index (χ3v) is 14.6. The minimum atomic E-state index is -0.650. The number of unbranched alkanes of at least 4 members (excludes halogenated alkanes) is 44. The van der Waals surface area contributed by atoms with Crippen molar-refractivity contribution in [3.05, 3.63) is 152 Å². The third-order valence-electron chi connectivity index (χ3n) is 14.6. The van der Waals surface area contributed by atoms with Gasteiger partial charge in [0.1, 0.15) is 0 Å². The van der Waals surface area contributed by atoms with Gasteiger partial charge in [0.25, 0.3) is 0 Å². The van der Waals surface area contributed by atoms with Crippen LogP contribution in [0.4, 0.5) is 0 Å². The second-order valence-electron chi connectivity index (χ2n) is 25.4. The van der Waals surface area contributed by atoms with Crippen molar-refractivity contribution < 1.29 is 9.90 Å². The highest BCUT2D eigenvalue weighted by Crippen LogP contribution is 2.15. The van der Waals surface area contributed by atoms with E-state index in [4.69, 9.17) is 5.11 Å². The molecule has 0 spiro atoms. The standard InChI is InChI=1S/C24H48O2.12C6H12/c1-2-3-4-5-6-7-8-9-10-11-12-13-14-15-16-17-18-19-20-21-22-23-24(25)26;12*1-3-5-6-4-2/h2-23H2,1H3,(H,25,26);12*3H,1,4-6H2,2H3. The monoisotopic (exact) mass is 1380 g/mol. The normalized spacial score (nSPS) is 8.95. The quantitative estimate of drug-likeness (QED) is 0.0487. The van der Waals surface area contributed by atoms with E-state index in [2.05, 4.69) is 169 Å². The molecule has 0 aromatic heterocycles. The molecule has 0 fully saturated rings. The van der Waals surface area contributed by atoms with E-state index < -0.39 is 5.97 Å². The minimum Gasteiger partial charge on any atom is -0.481 e. The summed E-state index contributed by atoms with van der Waals surface area (Å²) in [4.78, 5) is 10.4. The molecule has 588 valence electrons. The van der Waals surface area contributed by atoms with Gasteiger partial charge < -0.3 is 5.11 Å². The number of carboxylic acids is 1. The second-order valence-corrected chi connectivity index (χ2v) is 25.4. The van der Waals surface area contributed by atoms with Gasteiger partial charge in [0.05, 0.1) is 0 Å². The average Bonchev–Trinajstić information content (AvgIpc) is 3.75. The van der Waals surface area contributed by atoms with Crippen molar-refractivity contribution in [1.82, 2.24) is 0 Å². The lowest BCUT2D eigenvalue weighted by Crippen LogP contribution is -1.93. The highest BCUT2D eigenvalue weighted by molar-refractivity contribution is 5.66. The number of rotatable bonds is 58. The Kier molecular flexibility index (Phi) is 210. The third kappa shape index (κ3) is 252. The summed E-state index contributed by atoms with van der Waals surface area (Å²) in [6.07, 6.45) is 97.7. The maximum Gasteiger partial charge on any atom is 0.303 e. The van der Waals surface area contributed by atoms with Gasteiger partial charge in [-0.05, 0) is 83.5 Å². The zero-order valence-corrected chi connectivity index (χ0v) is 70.8. The maximum absolute atomic E-state index is 10.4. The molecular formula is C96H192O2. The van der Waals surface area contributed by atoms with Crippen LogP contribution in [0.5, 0.6) is 0 Å². The first-order valence-electron chi connectivity index (χ1n) is 42.3. The molecule has 0 saturated heterocycles. The van der Waals surface area contributed by atoms with E-state index in [1.54, 1.807) is 0 Å².